The van der Waals surface area contributed by atoms with Gasteiger partial charge in [0.2, 0.25) is 0 Å². The molecule has 0 bridgehead atoms. The molecule has 0 aliphatic rings. The van der Waals surface area contributed by atoms with Gasteiger partial charge in [0, 0.05) is 28.3 Å². The second-order valence-corrected chi connectivity index (χ2v) is 14.7. The molecule has 6 aromatic carbocycles. The van der Waals surface area contributed by atoms with Gasteiger partial charge < -0.3 is 19.7 Å². The summed E-state index contributed by atoms with van der Waals surface area (Å²) in [5, 5.41) is 24.6. The van der Waals surface area contributed by atoms with Gasteiger partial charge in [-0.25, -0.2) is 26.4 Å². The van der Waals surface area contributed by atoms with Crippen molar-refractivity contribution in [1.29, 1.82) is 0 Å². The van der Waals surface area contributed by atoms with Crippen molar-refractivity contribution in [2.45, 2.75) is 16.2 Å². The van der Waals surface area contributed by atoms with Crippen LogP contribution in [0.15, 0.2) is 119 Å². The summed E-state index contributed by atoms with van der Waals surface area (Å²) in [7, 11) is -6.37. The number of ether oxygens (including phenoxy) is 2. The standard InChI is InChI=1S/C37H30N2O10S2/c1-48-36(42)30-20-26(38-50(44,45)32-15-7-11-22-9-3-5-13-28(22)32)18-24(34(30)40)17-25-19-27(21-31(35(25)41)37(43)49-2)39-51(46,47)33-16-8-12-23-10-4-6-14-29(23)33/h3-16,18-21,38-41H,17H2,1-2H3. The molecule has 260 valence electrons. The van der Waals surface area contributed by atoms with Crippen molar-refractivity contribution in [2.24, 2.45) is 0 Å². The van der Waals surface area contributed by atoms with Crippen molar-refractivity contribution in [3.8, 4) is 11.5 Å². The molecule has 6 aromatic rings. The number of phenolic OH excluding ortho intramolecular Hbond substituents is 2. The van der Waals surface area contributed by atoms with E-state index in [1.54, 1.807) is 72.8 Å². The van der Waals surface area contributed by atoms with Crippen molar-refractivity contribution in [1.82, 2.24) is 0 Å². The predicted octanol–water partition coefficient (Wildman–Crippen LogP) is 6.17. The summed E-state index contributed by atoms with van der Waals surface area (Å²) in [6, 6.07) is 28.0. The average molecular weight is 727 g/mol. The van der Waals surface area contributed by atoms with Gasteiger partial charge in [-0.05, 0) is 47.2 Å². The Labute approximate surface area is 293 Å². The van der Waals surface area contributed by atoms with E-state index in [0.29, 0.717) is 21.5 Å². The van der Waals surface area contributed by atoms with Crippen LogP contribution in [0.1, 0.15) is 31.8 Å². The number of sulfonamides is 2. The van der Waals surface area contributed by atoms with Crippen LogP contribution in [0.2, 0.25) is 0 Å². The number of carbonyl (C=O) groups excluding carboxylic acids is 2. The Hall–Kier alpha value is -6.12. The molecule has 0 fully saturated rings. The van der Waals surface area contributed by atoms with Crippen LogP contribution in [0.3, 0.4) is 0 Å². The molecule has 4 N–H and O–H groups in total. The van der Waals surface area contributed by atoms with E-state index < -0.39 is 61.0 Å². The van der Waals surface area contributed by atoms with Gasteiger partial charge in [0.1, 0.15) is 22.6 Å². The lowest BCUT2D eigenvalue weighted by atomic mass is 9.97. The summed E-state index contributed by atoms with van der Waals surface area (Å²) in [5.41, 5.74) is -1.20. The number of fused-ring (bicyclic) bond motifs is 2. The van der Waals surface area contributed by atoms with Gasteiger partial charge in [0.15, 0.2) is 0 Å². The fourth-order valence-corrected chi connectivity index (χ4v) is 8.34. The highest BCUT2D eigenvalue weighted by Gasteiger charge is 2.25. The van der Waals surface area contributed by atoms with Gasteiger partial charge >= 0.3 is 11.9 Å². The van der Waals surface area contributed by atoms with E-state index in [0.717, 1.165) is 26.4 Å². The summed E-state index contributed by atoms with van der Waals surface area (Å²) in [6.07, 6.45) is -0.417. The van der Waals surface area contributed by atoms with Crippen LogP contribution in [-0.4, -0.2) is 53.2 Å². The number of anilines is 2. The Balaban J connectivity index is 1.43. The van der Waals surface area contributed by atoms with Gasteiger partial charge in [-0.1, -0.05) is 72.8 Å². The molecule has 0 heterocycles. The first kappa shape index (κ1) is 34.7. The van der Waals surface area contributed by atoms with E-state index in [1.807, 2.05) is 0 Å². The number of nitrogens with one attached hydrogen (secondary N) is 2. The van der Waals surface area contributed by atoms with Gasteiger partial charge in [-0.15, -0.1) is 0 Å². The molecule has 0 saturated heterocycles. The fourth-order valence-electron chi connectivity index (χ4n) is 5.79. The minimum atomic E-state index is -4.26. The summed E-state index contributed by atoms with van der Waals surface area (Å²) in [5.74, 6) is -3.18. The molecular weight excluding hydrogens is 697 g/mol. The number of aromatic hydroxyl groups is 2. The van der Waals surface area contributed by atoms with Gasteiger partial charge in [0.05, 0.1) is 35.4 Å². The normalized spacial score (nSPS) is 11.6. The number of phenols is 2. The van der Waals surface area contributed by atoms with Crippen molar-refractivity contribution in [2.75, 3.05) is 23.7 Å². The number of benzene rings is 6. The first-order valence-corrected chi connectivity index (χ1v) is 18.2. The van der Waals surface area contributed by atoms with Gasteiger partial charge in [-0.3, -0.25) is 9.44 Å². The zero-order valence-electron chi connectivity index (χ0n) is 27.1. The maximum atomic E-state index is 13.7. The van der Waals surface area contributed by atoms with E-state index in [1.165, 1.54) is 24.3 Å². The SMILES string of the molecule is COC(=O)c1cc(NS(=O)(=O)c2cccc3ccccc23)cc(Cc2cc(NS(=O)(=O)c3cccc4ccccc34)cc(C(=O)OC)c2O)c1O. The van der Waals surface area contributed by atoms with Crippen molar-refractivity contribution < 1.29 is 46.1 Å². The summed E-state index contributed by atoms with van der Waals surface area (Å²) in [4.78, 5) is 25.4. The molecule has 0 aromatic heterocycles. The first-order valence-electron chi connectivity index (χ1n) is 15.2. The average Bonchev–Trinajstić information content (AvgIpc) is 3.12. The predicted molar refractivity (Wildman–Crippen MR) is 191 cm³/mol. The third kappa shape index (κ3) is 6.87. The maximum Gasteiger partial charge on any atom is 0.341 e. The van der Waals surface area contributed by atoms with Crippen molar-refractivity contribution in [3.05, 3.63) is 131 Å². The van der Waals surface area contributed by atoms with Crippen molar-refractivity contribution in [3.63, 3.8) is 0 Å². The molecule has 6 rings (SSSR count). The monoisotopic (exact) mass is 726 g/mol. The number of methoxy groups -OCH3 is 2. The van der Waals surface area contributed by atoms with Crippen LogP contribution in [0, 0.1) is 0 Å². The van der Waals surface area contributed by atoms with Gasteiger partial charge in [-0.2, -0.15) is 0 Å². The zero-order chi connectivity index (χ0) is 36.5. The van der Waals surface area contributed by atoms with Crippen LogP contribution >= 0.6 is 0 Å². The number of rotatable bonds is 10. The van der Waals surface area contributed by atoms with E-state index in [-0.39, 0.29) is 32.3 Å². The Bertz CT molecular complexity index is 2400. The van der Waals surface area contributed by atoms with Crippen LogP contribution < -0.4 is 9.44 Å². The van der Waals surface area contributed by atoms with E-state index >= 15 is 0 Å². The smallest absolute Gasteiger partial charge is 0.341 e. The fraction of sp³-hybridized carbons (Fsp3) is 0.0811. The molecule has 0 aliphatic heterocycles. The molecule has 0 saturated carbocycles. The van der Waals surface area contributed by atoms with Crippen LogP contribution in [0.5, 0.6) is 11.5 Å². The molecule has 0 unspecified atom stereocenters. The van der Waals surface area contributed by atoms with Crippen LogP contribution in [0.25, 0.3) is 21.5 Å². The highest BCUT2D eigenvalue weighted by molar-refractivity contribution is 7.93. The number of hydrogen-bond acceptors (Lipinski definition) is 10. The quantitative estimate of drug-likeness (QED) is 0.0940. The molecule has 51 heavy (non-hydrogen) atoms. The summed E-state index contributed by atoms with van der Waals surface area (Å²) < 4.78 is 69.2. The Kier molecular flexibility index (Phi) is 9.30. The molecule has 0 radical (unpaired) electrons. The second-order valence-electron chi connectivity index (χ2n) is 11.4. The molecule has 12 nitrogen and oxygen atoms in total. The topological polar surface area (TPSA) is 185 Å². The second kappa shape index (κ2) is 13.7. The summed E-state index contributed by atoms with van der Waals surface area (Å²) in [6.45, 7) is 0. The highest BCUT2D eigenvalue weighted by Crippen LogP contribution is 2.37. The summed E-state index contributed by atoms with van der Waals surface area (Å²) >= 11 is 0. The van der Waals surface area contributed by atoms with E-state index in [4.69, 9.17) is 9.47 Å². The molecule has 0 amide bonds. The van der Waals surface area contributed by atoms with Crippen LogP contribution in [0.4, 0.5) is 11.4 Å². The third-order valence-corrected chi connectivity index (χ3v) is 11.0. The first-order chi connectivity index (χ1) is 24.3. The molecular formula is C37H30N2O10S2. The zero-order valence-corrected chi connectivity index (χ0v) is 28.7. The van der Waals surface area contributed by atoms with Gasteiger partial charge in [0.25, 0.3) is 20.0 Å². The minimum Gasteiger partial charge on any atom is -0.507 e. The van der Waals surface area contributed by atoms with E-state index in [2.05, 4.69) is 9.44 Å². The molecule has 14 heteroatoms. The van der Waals surface area contributed by atoms with E-state index in [9.17, 15) is 36.6 Å². The molecule has 0 aliphatic carbocycles. The minimum absolute atomic E-state index is 0.0404. The number of carbonyl (C=O) groups is 2. The Morgan fingerprint density at radius 2 is 0.941 bits per heavy atom. The largest absolute Gasteiger partial charge is 0.507 e. The maximum absolute atomic E-state index is 13.7. The molecule has 0 spiro atoms. The Morgan fingerprint density at radius 3 is 1.33 bits per heavy atom. The lowest BCUT2D eigenvalue weighted by Crippen LogP contribution is -2.15. The number of hydrogen-bond donors (Lipinski definition) is 4. The van der Waals surface area contributed by atoms with Crippen molar-refractivity contribution >= 4 is 64.9 Å². The third-order valence-electron chi connectivity index (χ3n) is 8.15. The van der Waals surface area contributed by atoms with Crippen LogP contribution in [-0.2, 0) is 35.9 Å². The lowest BCUT2D eigenvalue weighted by molar-refractivity contribution is 0.0588. The lowest BCUT2D eigenvalue weighted by Gasteiger charge is -2.17. The molecule has 0 atom stereocenters. The Morgan fingerprint density at radius 1 is 0.569 bits per heavy atom. The number of esters is 2. The highest BCUT2D eigenvalue weighted by atomic mass is 32.2.